The molecule has 1 aliphatic rings. The lowest BCUT2D eigenvalue weighted by atomic mass is 9.91. The quantitative estimate of drug-likeness (QED) is 0.824. The van der Waals surface area contributed by atoms with Crippen molar-refractivity contribution >= 4 is 21.4 Å². The zero-order valence-corrected chi connectivity index (χ0v) is 12.9. The molecule has 21 heavy (non-hydrogen) atoms. The molecule has 0 bridgehead atoms. The van der Waals surface area contributed by atoms with Crippen molar-refractivity contribution < 1.29 is 17.9 Å². The Hall–Kier alpha value is -1.51. The molecule has 116 valence electrons. The molecule has 0 aromatic carbocycles. The van der Waals surface area contributed by atoms with E-state index in [4.69, 9.17) is 4.74 Å². The molecule has 0 atom stereocenters. The van der Waals surface area contributed by atoms with Crippen molar-refractivity contribution in [1.29, 1.82) is 0 Å². The fraction of sp³-hybridized carbons (Fsp3) is 0.538. The second kappa shape index (κ2) is 6.08. The Morgan fingerprint density at radius 3 is 2.52 bits per heavy atom. The van der Waals surface area contributed by atoms with Gasteiger partial charge in [0.25, 0.3) is 5.91 Å². The zero-order valence-electron chi connectivity index (χ0n) is 12.0. The summed E-state index contributed by atoms with van der Waals surface area (Å²) >= 11 is 0. The molecule has 1 saturated heterocycles. The molecule has 0 saturated carbocycles. The molecule has 1 aliphatic heterocycles. The summed E-state index contributed by atoms with van der Waals surface area (Å²) < 4.78 is 28.1. The number of aromatic nitrogens is 1. The van der Waals surface area contributed by atoms with Gasteiger partial charge in [0.15, 0.2) is 14.9 Å². The van der Waals surface area contributed by atoms with E-state index in [-0.39, 0.29) is 10.9 Å². The van der Waals surface area contributed by atoms with Crippen LogP contribution in [0.15, 0.2) is 23.4 Å². The first-order valence-corrected chi connectivity index (χ1v) is 8.50. The van der Waals surface area contributed by atoms with Gasteiger partial charge in [0.1, 0.15) is 5.60 Å². The molecule has 0 unspecified atom stereocenters. The molecular weight excluding hydrogens is 294 g/mol. The van der Waals surface area contributed by atoms with Crippen LogP contribution >= 0.6 is 0 Å². The Morgan fingerprint density at radius 1 is 1.38 bits per heavy atom. The van der Waals surface area contributed by atoms with E-state index in [0.717, 1.165) is 6.26 Å². The average Bonchev–Trinajstić information content (AvgIpc) is 2.47. The summed E-state index contributed by atoms with van der Waals surface area (Å²) in [6.45, 7) is 1.43. The molecule has 0 spiro atoms. The van der Waals surface area contributed by atoms with Crippen molar-refractivity contribution in [2.24, 2.45) is 0 Å². The number of hydrogen-bond donors (Lipinski definition) is 2. The maximum atomic E-state index is 12.4. The third-order valence-electron chi connectivity index (χ3n) is 3.59. The molecule has 1 fully saturated rings. The molecule has 2 N–H and O–H groups in total. The first kappa shape index (κ1) is 15.9. The number of amides is 1. The molecule has 8 heteroatoms. The van der Waals surface area contributed by atoms with Gasteiger partial charge in [-0.25, -0.2) is 13.4 Å². The van der Waals surface area contributed by atoms with Gasteiger partial charge in [-0.05, 0) is 38.1 Å². The van der Waals surface area contributed by atoms with E-state index in [1.807, 2.05) is 0 Å². The van der Waals surface area contributed by atoms with E-state index in [9.17, 15) is 13.2 Å². The third kappa shape index (κ3) is 3.58. The zero-order chi connectivity index (χ0) is 15.5. The van der Waals surface area contributed by atoms with E-state index in [1.165, 1.54) is 25.4 Å². The van der Waals surface area contributed by atoms with E-state index >= 15 is 0 Å². The number of nitrogens with zero attached hydrogens (tertiary/aromatic N) is 1. The molecule has 1 aromatic heterocycles. The maximum Gasteiger partial charge on any atom is 0.256 e. The number of hydrogen-bond acceptors (Lipinski definition) is 6. The number of carbonyl (C=O) groups is 1. The molecule has 0 radical (unpaired) electrons. The van der Waals surface area contributed by atoms with E-state index < -0.39 is 15.4 Å². The molecule has 0 aliphatic carbocycles. The predicted octanol–water partition coefficient (Wildman–Crippen LogP) is 0.192. The summed E-state index contributed by atoms with van der Waals surface area (Å²) in [5.41, 5.74) is -0.400. The van der Waals surface area contributed by atoms with Crippen LogP contribution in [0.5, 0.6) is 0 Å². The molecule has 2 heterocycles. The minimum absolute atomic E-state index is 0.0242. The van der Waals surface area contributed by atoms with Crippen LogP contribution in [0.2, 0.25) is 0 Å². The Balaban J connectivity index is 2.12. The van der Waals surface area contributed by atoms with Gasteiger partial charge in [-0.3, -0.25) is 4.79 Å². The average molecular weight is 313 g/mol. The topological polar surface area (TPSA) is 97.4 Å². The molecule has 1 aromatic rings. The number of methoxy groups -OCH3 is 1. The summed E-state index contributed by atoms with van der Waals surface area (Å²) in [4.78, 5) is 16.2. The number of ether oxygens (including phenoxy) is 1. The Morgan fingerprint density at radius 2 is 2.05 bits per heavy atom. The van der Waals surface area contributed by atoms with Crippen molar-refractivity contribution in [1.82, 2.24) is 10.3 Å². The summed E-state index contributed by atoms with van der Waals surface area (Å²) in [7, 11) is -1.82. The van der Waals surface area contributed by atoms with Gasteiger partial charge >= 0.3 is 0 Å². The minimum Gasteiger partial charge on any atom is -0.368 e. The standard InChI is InChI=1S/C13H19N3O4S/c1-20-13(5-7-14-8-6-13)12(17)16-10-3-4-11(15-9-10)21(2,18)19/h3-4,9,14H,5-8H2,1-2H3,(H,16,17). The first-order valence-electron chi connectivity index (χ1n) is 6.61. The second-order valence-electron chi connectivity index (χ2n) is 5.06. The highest BCUT2D eigenvalue weighted by atomic mass is 32.2. The lowest BCUT2D eigenvalue weighted by Crippen LogP contribution is -2.51. The number of piperidine rings is 1. The summed E-state index contributed by atoms with van der Waals surface area (Å²) in [6.07, 6.45) is 3.59. The van der Waals surface area contributed by atoms with Crippen LogP contribution in [-0.4, -0.2) is 51.4 Å². The lowest BCUT2D eigenvalue weighted by Gasteiger charge is -2.34. The minimum atomic E-state index is -3.34. The highest BCUT2D eigenvalue weighted by molar-refractivity contribution is 7.90. The van der Waals surface area contributed by atoms with Crippen LogP contribution in [0.1, 0.15) is 12.8 Å². The number of rotatable bonds is 4. The lowest BCUT2D eigenvalue weighted by molar-refractivity contribution is -0.140. The highest BCUT2D eigenvalue weighted by Crippen LogP contribution is 2.24. The molecule has 1 amide bonds. The summed E-state index contributed by atoms with van der Waals surface area (Å²) in [5.74, 6) is -0.236. The Bertz CT molecular complexity index is 607. The van der Waals surface area contributed by atoms with Gasteiger partial charge in [0, 0.05) is 13.4 Å². The van der Waals surface area contributed by atoms with Crippen LogP contribution in [0, 0.1) is 0 Å². The first-order chi connectivity index (χ1) is 9.87. The van der Waals surface area contributed by atoms with E-state index in [1.54, 1.807) is 0 Å². The van der Waals surface area contributed by atoms with Gasteiger partial charge < -0.3 is 15.4 Å². The molecule has 7 nitrogen and oxygen atoms in total. The smallest absolute Gasteiger partial charge is 0.256 e. The number of carbonyl (C=O) groups excluding carboxylic acids is 1. The second-order valence-corrected chi connectivity index (χ2v) is 7.02. The predicted molar refractivity (Wildman–Crippen MR) is 77.8 cm³/mol. The van der Waals surface area contributed by atoms with Crippen molar-refractivity contribution in [2.75, 3.05) is 31.8 Å². The number of pyridine rings is 1. The van der Waals surface area contributed by atoms with Gasteiger partial charge in [-0.1, -0.05) is 0 Å². The van der Waals surface area contributed by atoms with E-state index in [2.05, 4.69) is 15.6 Å². The Labute approximate surface area is 124 Å². The fourth-order valence-electron chi connectivity index (χ4n) is 2.27. The number of anilines is 1. The largest absolute Gasteiger partial charge is 0.368 e. The number of sulfone groups is 1. The fourth-order valence-corrected chi connectivity index (χ4v) is 2.83. The Kier molecular flexibility index (Phi) is 4.60. The highest BCUT2D eigenvalue weighted by Gasteiger charge is 2.39. The van der Waals surface area contributed by atoms with Crippen LogP contribution in [0.25, 0.3) is 0 Å². The van der Waals surface area contributed by atoms with Crippen LogP contribution < -0.4 is 10.6 Å². The van der Waals surface area contributed by atoms with Gasteiger partial charge in [-0.15, -0.1) is 0 Å². The summed E-state index contributed by atoms with van der Waals surface area (Å²) in [6, 6.07) is 2.89. The number of nitrogens with one attached hydrogen (secondary N) is 2. The van der Waals surface area contributed by atoms with E-state index in [0.29, 0.717) is 31.6 Å². The normalized spacial score (nSPS) is 18.2. The molecule has 2 rings (SSSR count). The van der Waals surface area contributed by atoms with Crippen molar-refractivity contribution in [3.63, 3.8) is 0 Å². The third-order valence-corrected chi connectivity index (χ3v) is 4.59. The SMILES string of the molecule is COC1(C(=O)Nc2ccc(S(C)(=O)=O)nc2)CCNCC1. The molecular formula is C13H19N3O4S. The van der Waals surface area contributed by atoms with Crippen molar-refractivity contribution in [2.45, 2.75) is 23.5 Å². The van der Waals surface area contributed by atoms with Crippen molar-refractivity contribution in [3.8, 4) is 0 Å². The van der Waals surface area contributed by atoms with Gasteiger partial charge in [0.2, 0.25) is 0 Å². The van der Waals surface area contributed by atoms with Crippen molar-refractivity contribution in [3.05, 3.63) is 18.3 Å². The van der Waals surface area contributed by atoms with Crippen LogP contribution in [-0.2, 0) is 19.4 Å². The van der Waals surface area contributed by atoms with Gasteiger partial charge in [0.05, 0.1) is 11.9 Å². The monoisotopic (exact) mass is 313 g/mol. The van der Waals surface area contributed by atoms with Crippen LogP contribution in [0.3, 0.4) is 0 Å². The van der Waals surface area contributed by atoms with Crippen LogP contribution in [0.4, 0.5) is 5.69 Å². The summed E-state index contributed by atoms with van der Waals surface area (Å²) in [5, 5.41) is 5.89. The maximum absolute atomic E-state index is 12.4. The van der Waals surface area contributed by atoms with Gasteiger partial charge in [-0.2, -0.15) is 0 Å².